The third-order valence-corrected chi connectivity index (χ3v) is 3.57. The molecule has 0 aliphatic carbocycles. The van der Waals surface area contributed by atoms with Crippen molar-refractivity contribution in [1.82, 2.24) is 9.97 Å². The van der Waals surface area contributed by atoms with Crippen LogP contribution in [0.1, 0.15) is 25.0 Å². The Morgan fingerprint density at radius 1 is 1.47 bits per heavy atom. The van der Waals surface area contributed by atoms with Crippen molar-refractivity contribution in [2.24, 2.45) is 5.92 Å². The Hall–Kier alpha value is -1.57. The monoisotopic (exact) mass is 275 g/mol. The minimum absolute atomic E-state index is 0.109. The number of imidazole rings is 1. The molecule has 3 rings (SSSR count). The first-order valence-corrected chi connectivity index (χ1v) is 6.02. The molecule has 0 saturated carbocycles. The van der Waals surface area contributed by atoms with Gasteiger partial charge in [0.2, 0.25) is 11.9 Å². The highest BCUT2D eigenvalue weighted by Crippen LogP contribution is 2.39. The second kappa shape index (κ2) is 4.22. The molecule has 2 saturated heterocycles. The van der Waals surface area contributed by atoms with E-state index in [-0.39, 0.29) is 30.0 Å². The average molecular weight is 275 g/mol. The van der Waals surface area contributed by atoms with Crippen LogP contribution < -0.4 is 5.32 Å². The van der Waals surface area contributed by atoms with E-state index in [0.717, 1.165) is 12.8 Å². The van der Waals surface area contributed by atoms with E-state index in [4.69, 9.17) is 4.74 Å². The van der Waals surface area contributed by atoms with Crippen molar-refractivity contribution in [3.8, 4) is 0 Å². The third kappa shape index (κ3) is 2.32. The Labute approximate surface area is 106 Å². The van der Waals surface area contributed by atoms with Gasteiger partial charge >= 0.3 is 6.18 Å². The first kappa shape index (κ1) is 12.5. The summed E-state index contributed by atoms with van der Waals surface area (Å²) in [6.07, 6.45) is -1.42. The van der Waals surface area contributed by atoms with Crippen LogP contribution in [-0.4, -0.2) is 28.1 Å². The second-order valence-corrected chi connectivity index (χ2v) is 4.85. The van der Waals surface area contributed by atoms with Gasteiger partial charge in [0.1, 0.15) is 5.69 Å². The molecule has 19 heavy (non-hydrogen) atoms. The first-order valence-electron chi connectivity index (χ1n) is 6.02. The molecule has 2 aliphatic heterocycles. The molecule has 3 heterocycles. The molecule has 0 aromatic carbocycles. The molecule has 1 amide bonds. The zero-order valence-corrected chi connectivity index (χ0v) is 9.83. The summed E-state index contributed by atoms with van der Waals surface area (Å²) >= 11 is 0. The SMILES string of the molecule is O=C(Nc1ncc(C(F)(F)F)[nH]1)[C@@H]1C[C@H]2CC[C@@H]1O2. The van der Waals surface area contributed by atoms with Crippen molar-refractivity contribution in [3.63, 3.8) is 0 Å². The Morgan fingerprint density at radius 2 is 2.26 bits per heavy atom. The number of alkyl halides is 3. The number of carbonyl (C=O) groups excluding carboxylic acids is 1. The number of hydrogen-bond acceptors (Lipinski definition) is 3. The maximum absolute atomic E-state index is 12.4. The molecule has 2 N–H and O–H groups in total. The standard InChI is InChI=1S/C11H12F3N3O2/c12-11(13,14)8-4-15-10(16-8)17-9(18)6-3-5-1-2-7(6)19-5/h4-7H,1-3H2,(H2,15,16,17,18)/t5-,6-,7+/m1/s1. The highest BCUT2D eigenvalue weighted by atomic mass is 19.4. The fraction of sp³-hybridized carbons (Fsp3) is 0.636. The van der Waals surface area contributed by atoms with Crippen LogP contribution in [0.15, 0.2) is 6.20 Å². The van der Waals surface area contributed by atoms with Crippen LogP contribution in [-0.2, 0) is 15.7 Å². The third-order valence-electron chi connectivity index (χ3n) is 3.57. The lowest BCUT2D eigenvalue weighted by Crippen LogP contribution is -2.30. The number of halogens is 3. The van der Waals surface area contributed by atoms with E-state index in [1.807, 2.05) is 4.98 Å². The van der Waals surface area contributed by atoms with Gasteiger partial charge in [-0.3, -0.25) is 10.1 Å². The van der Waals surface area contributed by atoms with Gasteiger partial charge in [0.25, 0.3) is 0 Å². The minimum atomic E-state index is -4.49. The van der Waals surface area contributed by atoms with Crippen LogP contribution >= 0.6 is 0 Å². The van der Waals surface area contributed by atoms with Gasteiger partial charge in [0.15, 0.2) is 0 Å². The maximum atomic E-state index is 12.4. The van der Waals surface area contributed by atoms with E-state index in [0.29, 0.717) is 12.6 Å². The molecule has 0 spiro atoms. The lowest BCUT2D eigenvalue weighted by Gasteiger charge is -2.16. The predicted octanol–water partition coefficient (Wildman–Crippen LogP) is 1.93. The molecule has 1 aromatic rings. The lowest BCUT2D eigenvalue weighted by atomic mass is 9.89. The summed E-state index contributed by atoms with van der Waals surface area (Å²) in [7, 11) is 0. The van der Waals surface area contributed by atoms with Crippen LogP contribution in [0.3, 0.4) is 0 Å². The molecule has 2 fully saturated rings. The van der Waals surface area contributed by atoms with Crippen molar-refractivity contribution in [2.45, 2.75) is 37.6 Å². The quantitative estimate of drug-likeness (QED) is 0.866. The molecule has 2 aliphatic rings. The Morgan fingerprint density at radius 3 is 2.79 bits per heavy atom. The van der Waals surface area contributed by atoms with Gasteiger partial charge in [0, 0.05) is 0 Å². The van der Waals surface area contributed by atoms with Gasteiger partial charge in [0.05, 0.1) is 24.3 Å². The molecular formula is C11H12F3N3O2. The van der Waals surface area contributed by atoms with Crippen LogP contribution in [0, 0.1) is 5.92 Å². The highest BCUT2D eigenvalue weighted by molar-refractivity contribution is 5.91. The number of rotatable bonds is 2. The Balaban J connectivity index is 1.65. The summed E-state index contributed by atoms with van der Waals surface area (Å²) in [6, 6.07) is 0. The van der Waals surface area contributed by atoms with Gasteiger partial charge in [-0.2, -0.15) is 13.2 Å². The van der Waals surface area contributed by atoms with Crippen molar-refractivity contribution < 1.29 is 22.7 Å². The minimum Gasteiger partial charge on any atom is -0.374 e. The summed E-state index contributed by atoms with van der Waals surface area (Å²) in [5, 5.41) is 2.38. The van der Waals surface area contributed by atoms with Crippen molar-refractivity contribution >= 4 is 11.9 Å². The number of anilines is 1. The number of amides is 1. The summed E-state index contributed by atoms with van der Waals surface area (Å²) in [6.45, 7) is 0. The highest BCUT2D eigenvalue weighted by Gasteiger charge is 2.44. The van der Waals surface area contributed by atoms with Gasteiger partial charge in [-0.1, -0.05) is 0 Å². The number of nitrogens with one attached hydrogen (secondary N) is 2. The number of fused-ring (bicyclic) bond motifs is 2. The number of ether oxygens (including phenoxy) is 1. The van der Waals surface area contributed by atoms with Gasteiger partial charge in [-0.05, 0) is 19.3 Å². The molecular weight excluding hydrogens is 263 g/mol. The van der Waals surface area contributed by atoms with E-state index < -0.39 is 11.9 Å². The van der Waals surface area contributed by atoms with Crippen molar-refractivity contribution in [2.75, 3.05) is 5.32 Å². The molecule has 8 heteroatoms. The topological polar surface area (TPSA) is 67.0 Å². The van der Waals surface area contributed by atoms with Gasteiger partial charge in [-0.25, -0.2) is 4.98 Å². The molecule has 1 aromatic heterocycles. The van der Waals surface area contributed by atoms with Crippen LogP contribution in [0.4, 0.5) is 19.1 Å². The number of nitrogens with zero attached hydrogens (tertiary/aromatic N) is 1. The van der Waals surface area contributed by atoms with E-state index in [2.05, 4.69) is 10.3 Å². The molecule has 0 unspecified atom stereocenters. The number of H-pyrrole nitrogens is 1. The fourth-order valence-electron chi connectivity index (χ4n) is 2.65. The number of hydrogen-bond donors (Lipinski definition) is 2. The predicted molar refractivity (Wildman–Crippen MR) is 58.2 cm³/mol. The molecule has 104 valence electrons. The number of aromatic nitrogens is 2. The van der Waals surface area contributed by atoms with Crippen molar-refractivity contribution in [1.29, 1.82) is 0 Å². The smallest absolute Gasteiger partial charge is 0.374 e. The Kier molecular flexibility index (Phi) is 2.77. The first-order chi connectivity index (χ1) is 8.93. The fourth-order valence-corrected chi connectivity index (χ4v) is 2.65. The number of aromatic amines is 1. The van der Waals surface area contributed by atoms with Gasteiger partial charge in [-0.15, -0.1) is 0 Å². The largest absolute Gasteiger partial charge is 0.432 e. The summed E-state index contributed by atoms with van der Waals surface area (Å²) < 4.78 is 42.6. The van der Waals surface area contributed by atoms with E-state index in [1.54, 1.807) is 0 Å². The maximum Gasteiger partial charge on any atom is 0.432 e. The van der Waals surface area contributed by atoms with E-state index >= 15 is 0 Å². The Bertz CT molecular complexity index is 500. The second-order valence-electron chi connectivity index (χ2n) is 4.85. The zero-order chi connectivity index (χ0) is 13.6. The summed E-state index contributed by atoms with van der Waals surface area (Å²) in [5.74, 6) is -0.812. The summed E-state index contributed by atoms with van der Waals surface area (Å²) in [4.78, 5) is 17.5. The lowest BCUT2D eigenvalue weighted by molar-refractivity contribution is -0.140. The molecule has 2 bridgehead atoms. The molecule has 3 atom stereocenters. The van der Waals surface area contributed by atoms with Gasteiger partial charge < -0.3 is 9.72 Å². The molecule has 5 nitrogen and oxygen atoms in total. The zero-order valence-electron chi connectivity index (χ0n) is 9.83. The number of carbonyl (C=O) groups is 1. The van der Waals surface area contributed by atoms with Crippen molar-refractivity contribution in [3.05, 3.63) is 11.9 Å². The van der Waals surface area contributed by atoms with Crippen LogP contribution in [0.2, 0.25) is 0 Å². The van der Waals surface area contributed by atoms with E-state index in [9.17, 15) is 18.0 Å². The average Bonchev–Trinajstić information content (AvgIpc) is 3.02. The van der Waals surface area contributed by atoms with Crippen LogP contribution in [0.5, 0.6) is 0 Å². The van der Waals surface area contributed by atoms with Crippen LogP contribution in [0.25, 0.3) is 0 Å². The van der Waals surface area contributed by atoms with E-state index in [1.165, 1.54) is 0 Å². The molecule has 0 radical (unpaired) electrons. The summed E-state index contributed by atoms with van der Waals surface area (Å²) in [5.41, 5.74) is -0.980. The normalized spacial score (nSPS) is 29.7.